The van der Waals surface area contributed by atoms with Crippen molar-refractivity contribution in [3.05, 3.63) is 72.7 Å². The van der Waals surface area contributed by atoms with Crippen molar-refractivity contribution in [2.45, 2.75) is 89.3 Å². The van der Waals surface area contributed by atoms with Crippen LogP contribution in [0.25, 0.3) is 28.0 Å². The van der Waals surface area contributed by atoms with Gasteiger partial charge in [0.1, 0.15) is 34.8 Å². The van der Waals surface area contributed by atoms with Gasteiger partial charge < -0.3 is 20.4 Å². The highest BCUT2D eigenvalue weighted by atomic mass is 19.1. The van der Waals surface area contributed by atoms with Gasteiger partial charge in [-0.25, -0.2) is 18.9 Å². The van der Waals surface area contributed by atoms with Gasteiger partial charge in [0.25, 0.3) is 0 Å². The summed E-state index contributed by atoms with van der Waals surface area (Å²) >= 11 is 0. The van der Waals surface area contributed by atoms with Crippen LogP contribution in [0.15, 0.2) is 61.3 Å². The monoisotopic (exact) mass is 867 g/mol. The van der Waals surface area contributed by atoms with Crippen LogP contribution in [0.3, 0.4) is 0 Å². The highest BCUT2D eigenvalue weighted by Crippen LogP contribution is 2.40. The van der Waals surface area contributed by atoms with E-state index in [0.29, 0.717) is 52.2 Å². The number of nitriles is 1. The van der Waals surface area contributed by atoms with Crippen molar-refractivity contribution in [1.82, 2.24) is 44.9 Å². The first-order valence-corrected chi connectivity index (χ1v) is 22.9. The summed E-state index contributed by atoms with van der Waals surface area (Å²) in [7, 11) is 0. The molecule has 5 aliphatic rings. The van der Waals surface area contributed by atoms with E-state index in [4.69, 9.17) is 15.1 Å². The van der Waals surface area contributed by atoms with Crippen molar-refractivity contribution in [1.29, 1.82) is 5.26 Å². The summed E-state index contributed by atoms with van der Waals surface area (Å²) in [4.78, 5) is 53.7. The van der Waals surface area contributed by atoms with Crippen LogP contribution in [0.1, 0.15) is 82.7 Å². The molecule has 1 atom stereocenters. The van der Waals surface area contributed by atoms with E-state index in [1.165, 1.54) is 12.5 Å². The molecule has 3 aliphatic heterocycles. The first-order chi connectivity index (χ1) is 31.1. The zero-order valence-corrected chi connectivity index (χ0v) is 36.2. The molecule has 2 aliphatic carbocycles. The number of aromatic nitrogens is 6. The molecule has 16 nitrogen and oxygen atoms in total. The van der Waals surface area contributed by atoms with Crippen LogP contribution < -0.4 is 25.8 Å². The Morgan fingerprint density at radius 2 is 1.77 bits per heavy atom. The van der Waals surface area contributed by atoms with Gasteiger partial charge in [-0.2, -0.15) is 15.5 Å². The van der Waals surface area contributed by atoms with Gasteiger partial charge in [-0.3, -0.25) is 29.3 Å². The molecule has 3 N–H and O–H groups in total. The van der Waals surface area contributed by atoms with Gasteiger partial charge in [0.2, 0.25) is 17.7 Å². The number of pyridine rings is 1. The van der Waals surface area contributed by atoms with E-state index in [1.807, 2.05) is 41.6 Å². The summed E-state index contributed by atoms with van der Waals surface area (Å²) in [6.45, 7) is 7.76. The number of amides is 3. The number of halogens is 1. The number of rotatable bonds is 12. The molecule has 2 saturated carbocycles. The molecule has 17 heteroatoms. The van der Waals surface area contributed by atoms with E-state index in [2.05, 4.69) is 48.7 Å². The van der Waals surface area contributed by atoms with Gasteiger partial charge in [0, 0.05) is 87.5 Å². The summed E-state index contributed by atoms with van der Waals surface area (Å²) in [5.41, 5.74) is 4.78. The lowest BCUT2D eigenvalue weighted by Gasteiger charge is -2.42. The number of piperidine rings is 2. The molecule has 0 spiro atoms. The molecule has 5 fully saturated rings. The predicted molar refractivity (Wildman–Crippen MR) is 239 cm³/mol. The first-order valence-electron chi connectivity index (χ1n) is 22.9. The summed E-state index contributed by atoms with van der Waals surface area (Å²) in [5.74, 6) is 0.612. The molecule has 0 radical (unpaired) electrons. The number of carbonyl (C=O) groups excluding carboxylic acids is 3. The fraction of sp³-hybridized carbons (Fsp3) is 0.489. The summed E-state index contributed by atoms with van der Waals surface area (Å²) in [5, 5.41) is 28.0. The minimum atomic E-state index is -0.559. The maximum Gasteiger partial charge on any atom is 0.249 e. The molecule has 3 amide bonds. The topological polar surface area (TPSA) is 182 Å². The molecule has 7 heterocycles. The summed E-state index contributed by atoms with van der Waals surface area (Å²) in [6, 6.07) is 11.3. The quantitative estimate of drug-likeness (QED) is 0.138. The minimum absolute atomic E-state index is 0.210. The number of piperazine rings is 1. The Labute approximate surface area is 371 Å². The van der Waals surface area contributed by atoms with Crippen molar-refractivity contribution in [3.63, 3.8) is 0 Å². The number of fused-ring (bicyclic) bond motifs is 1. The highest BCUT2D eigenvalue weighted by Gasteiger charge is 2.41. The van der Waals surface area contributed by atoms with E-state index < -0.39 is 6.04 Å². The van der Waals surface area contributed by atoms with Crippen molar-refractivity contribution in [2.24, 2.45) is 11.3 Å². The molecule has 64 heavy (non-hydrogen) atoms. The second-order valence-electron chi connectivity index (χ2n) is 18.4. The van der Waals surface area contributed by atoms with Crippen LogP contribution in [-0.4, -0.2) is 110 Å². The van der Waals surface area contributed by atoms with Crippen molar-refractivity contribution >= 4 is 40.4 Å². The fourth-order valence-electron chi connectivity index (χ4n) is 10.1. The summed E-state index contributed by atoms with van der Waals surface area (Å²) < 4.78 is 19.0. The Morgan fingerprint density at radius 3 is 2.45 bits per heavy atom. The van der Waals surface area contributed by atoms with Crippen LogP contribution in [-0.2, 0) is 14.4 Å². The highest BCUT2D eigenvalue weighted by molar-refractivity contribution is 6.01. The Hall–Kier alpha value is -6.41. The molecule has 0 unspecified atom stereocenters. The van der Waals surface area contributed by atoms with Gasteiger partial charge in [-0.1, -0.05) is 6.92 Å². The Balaban J connectivity index is 0.743. The van der Waals surface area contributed by atoms with Gasteiger partial charge in [0.05, 0.1) is 47.1 Å². The van der Waals surface area contributed by atoms with Gasteiger partial charge in [-0.15, -0.1) is 0 Å². The van der Waals surface area contributed by atoms with Crippen molar-refractivity contribution in [3.8, 4) is 28.6 Å². The normalized spacial score (nSPS) is 22.7. The third kappa shape index (κ3) is 8.15. The third-order valence-corrected chi connectivity index (χ3v) is 14.5. The van der Waals surface area contributed by atoms with Crippen LogP contribution in [0.4, 0.5) is 21.6 Å². The molecule has 4 aromatic heterocycles. The lowest BCUT2D eigenvalue weighted by atomic mass is 9.74. The molecule has 10 rings (SSSR count). The van der Waals surface area contributed by atoms with E-state index >= 15 is 4.39 Å². The van der Waals surface area contributed by atoms with Gasteiger partial charge >= 0.3 is 0 Å². The van der Waals surface area contributed by atoms with Crippen LogP contribution in [0.2, 0.25) is 0 Å². The van der Waals surface area contributed by atoms with Crippen LogP contribution >= 0.6 is 0 Å². The van der Waals surface area contributed by atoms with Crippen molar-refractivity contribution < 1.29 is 18.8 Å². The lowest BCUT2D eigenvalue weighted by Crippen LogP contribution is -2.52. The smallest absolute Gasteiger partial charge is 0.249 e. The van der Waals surface area contributed by atoms with E-state index in [9.17, 15) is 19.6 Å². The fourth-order valence-corrected chi connectivity index (χ4v) is 10.1. The molecular formula is C47H54FN13O3. The molecule has 332 valence electrons. The van der Waals surface area contributed by atoms with E-state index in [0.717, 1.165) is 108 Å². The molecule has 5 aromatic rings. The number of nitrogens with one attached hydrogen (secondary N) is 3. The zero-order chi connectivity index (χ0) is 44.0. The first kappa shape index (κ1) is 41.6. The van der Waals surface area contributed by atoms with Gasteiger partial charge in [-0.05, 0) is 94.0 Å². The Bertz CT molecular complexity index is 2590. The number of hydrogen-bond donors (Lipinski definition) is 3. The molecular weight excluding hydrogens is 814 g/mol. The number of carbonyl (C=O) groups is 3. The number of imide groups is 1. The maximum atomic E-state index is 15.3. The minimum Gasteiger partial charge on any atom is -0.374 e. The lowest BCUT2D eigenvalue weighted by molar-refractivity contribution is -0.134. The maximum absolute atomic E-state index is 15.3. The molecule has 1 aromatic carbocycles. The number of nitrogens with zero attached hydrogens (tertiary/aromatic N) is 10. The average Bonchev–Trinajstić information content (AvgIpc) is 3.95. The van der Waals surface area contributed by atoms with E-state index in [-0.39, 0.29) is 41.4 Å². The zero-order valence-electron chi connectivity index (χ0n) is 36.2. The third-order valence-electron chi connectivity index (χ3n) is 14.5. The number of benzene rings is 1. The van der Waals surface area contributed by atoms with Crippen molar-refractivity contribution in [2.75, 3.05) is 60.9 Å². The number of hydrogen-bond acceptors (Lipinski definition) is 12. The predicted octanol–water partition coefficient (Wildman–Crippen LogP) is 5.32. The molecule has 0 bridgehead atoms. The second-order valence-corrected chi connectivity index (χ2v) is 18.4. The average molecular weight is 868 g/mol. The van der Waals surface area contributed by atoms with Crippen LogP contribution in [0, 0.1) is 28.5 Å². The molecule has 3 saturated heterocycles. The van der Waals surface area contributed by atoms with Crippen LogP contribution in [0.5, 0.6) is 0 Å². The number of anilines is 3. The SMILES string of the molecule is CCC1(C(=O)NC2CCC2)CCN(c2ccc(-c3nc(-c4cnn([C@H]5C[C@H](CN6CCN(c7ccc(N[C@H]8CCC(=O)NC8=O)cc7F)CC6)C5)c4)cn4ncc(C#N)c34)cn2)CC1. The Morgan fingerprint density at radius 1 is 0.953 bits per heavy atom. The second kappa shape index (κ2) is 17.3. The largest absolute Gasteiger partial charge is 0.374 e. The Kier molecular flexibility index (Phi) is 11.2. The summed E-state index contributed by atoms with van der Waals surface area (Å²) in [6.07, 6.45) is 17.6. The van der Waals surface area contributed by atoms with E-state index in [1.54, 1.807) is 22.8 Å². The standard InChI is InChI=1S/C47H54FN13O3/c1-2-47(46(64)54-34-4-3-5-34)12-14-59(15-13-47)41-10-6-31(24-50-41)43-44-32(23-49)25-52-61(44)29-39(55-43)33-26-51-60(28-33)36-20-30(21-36)27-57-16-18-58(19-17-57)40-9-7-35(22-37(40)48)53-38-8-11-42(62)56-45(38)63/h6-7,9-10,22,24-26,28-30,34,36,38,53H,2-5,8,11-21,27H2,1H3,(H,54,64)(H,56,62,63)/t30-,36-,38-/m0/s1. The van der Waals surface area contributed by atoms with Gasteiger partial charge in [0.15, 0.2) is 0 Å².